The molecule has 9 nitrogen and oxygen atoms in total. The standard InChI is InChI=1S/C24H31N7O2.HI/c1-16-5-7-20(11-17(16)2)33-23-12-18(9-10-26-23)13-27-24(25-3)28-19-6-8-22-29-21(15-32-4)30-31(22)14-19;/h5,7,9-12,19H,6,8,13-15H2,1-4H3,(H2,25,27,28);1H. The molecular formula is C24H32IN7O2. The number of pyridine rings is 1. The van der Waals surface area contributed by atoms with Crippen LogP contribution in [0.1, 0.15) is 34.8 Å². The van der Waals surface area contributed by atoms with Crippen molar-refractivity contribution in [1.82, 2.24) is 30.4 Å². The van der Waals surface area contributed by atoms with E-state index in [9.17, 15) is 0 Å². The monoisotopic (exact) mass is 577 g/mol. The summed E-state index contributed by atoms with van der Waals surface area (Å²) in [5.41, 5.74) is 3.48. The molecule has 1 atom stereocenters. The van der Waals surface area contributed by atoms with Crippen molar-refractivity contribution >= 4 is 29.9 Å². The fourth-order valence-corrected chi connectivity index (χ4v) is 3.76. The molecule has 0 saturated heterocycles. The Hall–Kier alpha value is -2.73. The van der Waals surface area contributed by atoms with Crippen molar-refractivity contribution in [2.24, 2.45) is 4.99 Å². The highest BCUT2D eigenvalue weighted by Gasteiger charge is 2.22. The molecule has 0 amide bonds. The number of nitrogens with zero attached hydrogens (tertiary/aromatic N) is 5. The van der Waals surface area contributed by atoms with Gasteiger partial charge in [0.25, 0.3) is 0 Å². The highest BCUT2D eigenvalue weighted by atomic mass is 127. The minimum Gasteiger partial charge on any atom is -0.439 e. The van der Waals surface area contributed by atoms with Gasteiger partial charge in [0, 0.05) is 45.4 Å². The SMILES string of the molecule is CN=C(NCc1ccnc(Oc2ccc(C)c(C)c2)c1)NC1CCc2nc(COC)nn2C1.I. The predicted molar refractivity (Wildman–Crippen MR) is 142 cm³/mol. The number of nitrogens with one attached hydrogen (secondary N) is 2. The quantitative estimate of drug-likeness (QED) is 0.252. The maximum Gasteiger partial charge on any atom is 0.219 e. The maximum absolute atomic E-state index is 5.95. The molecule has 1 aliphatic rings. The topological polar surface area (TPSA) is 98.5 Å². The minimum absolute atomic E-state index is 0. The number of guanidine groups is 1. The Bertz CT molecular complexity index is 1130. The zero-order valence-electron chi connectivity index (χ0n) is 20.0. The van der Waals surface area contributed by atoms with Crippen molar-refractivity contribution in [2.75, 3.05) is 14.2 Å². The summed E-state index contributed by atoms with van der Waals surface area (Å²) in [6, 6.07) is 10.2. The van der Waals surface area contributed by atoms with Crippen LogP contribution in [0.25, 0.3) is 0 Å². The summed E-state index contributed by atoms with van der Waals surface area (Å²) in [5.74, 6) is 3.84. The van der Waals surface area contributed by atoms with Gasteiger partial charge in [-0.2, -0.15) is 5.10 Å². The molecule has 34 heavy (non-hydrogen) atoms. The van der Waals surface area contributed by atoms with Gasteiger partial charge in [-0.3, -0.25) is 4.99 Å². The lowest BCUT2D eigenvalue weighted by molar-refractivity contribution is 0.177. The van der Waals surface area contributed by atoms with Gasteiger partial charge in [-0.05, 0) is 55.2 Å². The van der Waals surface area contributed by atoms with Crippen LogP contribution in [0.4, 0.5) is 0 Å². The molecule has 0 bridgehead atoms. The fourth-order valence-electron chi connectivity index (χ4n) is 3.76. The number of aliphatic imine (C=N–C) groups is 1. The molecule has 0 fully saturated rings. The van der Waals surface area contributed by atoms with Crippen LogP contribution in [0.5, 0.6) is 11.6 Å². The van der Waals surface area contributed by atoms with E-state index in [0.717, 1.165) is 48.3 Å². The van der Waals surface area contributed by atoms with Crippen molar-refractivity contribution in [2.45, 2.75) is 52.4 Å². The molecule has 182 valence electrons. The third kappa shape index (κ3) is 6.66. The van der Waals surface area contributed by atoms with E-state index in [4.69, 9.17) is 9.47 Å². The first kappa shape index (κ1) is 25.9. The summed E-state index contributed by atoms with van der Waals surface area (Å²) >= 11 is 0. The largest absolute Gasteiger partial charge is 0.439 e. The Morgan fingerprint density at radius 1 is 1.21 bits per heavy atom. The molecule has 0 saturated carbocycles. The van der Waals surface area contributed by atoms with Crippen molar-refractivity contribution in [3.63, 3.8) is 0 Å². The van der Waals surface area contributed by atoms with Gasteiger partial charge >= 0.3 is 0 Å². The molecule has 1 unspecified atom stereocenters. The van der Waals surface area contributed by atoms with Crippen LogP contribution in [0.15, 0.2) is 41.5 Å². The molecule has 0 aliphatic carbocycles. The van der Waals surface area contributed by atoms with Gasteiger partial charge in [0.2, 0.25) is 5.88 Å². The Balaban J connectivity index is 0.00000324. The van der Waals surface area contributed by atoms with Gasteiger partial charge in [0.1, 0.15) is 18.2 Å². The van der Waals surface area contributed by atoms with Crippen LogP contribution < -0.4 is 15.4 Å². The smallest absolute Gasteiger partial charge is 0.219 e. The number of hydrogen-bond acceptors (Lipinski definition) is 6. The Morgan fingerprint density at radius 2 is 2.06 bits per heavy atom. The molecule has 2 N–H and O–H groups in total. The summed E-state index contributed by atoms with van der Waals surface area (Å²) < 4.78 is 13.1. The lowest BCUT2D eigenvalue weighted by Crippen LogP contribution is -2.46. The first-order chi connectivity index (χ1) is 16.0. The zero-order chi connectivity index (χ0) is 23.2. The summed E-state index contributed by atoms with van der Waals surface area (Å²) in [6.07, 6.45) is 3.60. The summed E-state index contributed by atoms with van der Waals surface area (Å²) in [6.45, 7) is 5.94. The normalized spacial score (nSPS) is 15.3. The molecule has 0 spiro atoms. The molecule has 0 radical (unpaired) electrons. The Kier molecular flexibility index (Phi) is 9.22. The predicted octanol–water partition coefficient (Wildman–Crippen LogP) is 3.53. The minimum atomic E-state index is 0. The fraction of sp³-hybridized carbons (Fsp3) is 0.417. The summed E-state index contributed by atoms with van der Waals surface area (Å²) in [4.78, 5) is 13.3. The molecule has 10 heteroatoms. The number of benzene rings is 1. The van der Waals surface area contributed by atoms with Crippen molar-refractivity contribution in [3.8, 4) is 11.6 Å². The van der Waals surface area contributed by atoms with Gasteiger partial charge in [-0.15, -0.1) is 24.0 Å². The molecule has 4 rings (SSSR count). The van der Waals surface area contributed by atoms with Crippen LogP contribution in [0.2, 0.25) is 0 Å². The Labute approximate surface area is 217 Å². The van der Waals surface area contributed by atoms with E-state index in [1.807, 2.05) is 28.9 Å². The number of fused-ring (bicyclic) bond motifs is 1. The van der Waals surface area contributed by atoms with Crippen LogP contribution in [0, 0.1) is 13.8 Å². The zero-order valence-corrected chi connectivity index (χ0v) is 22.4. The van der Waals surface area contributed by atoms with Crippen LogP contribution in [0.3, 0.4) is 0 Å². The highest BCUT2D eigenvalue weighted by Crippen LogP contribution is 2.22. The van der Waals surface area contributed by atoms with Crippen LogP contribution >= 0.6 is 24.0 Å². The van der Waals surface area contributed by atoms with Gasteiger partial charge in [0.15, 0.2) is 11.8 Å². The first-order valence-corrected chi connectivity index (χ1v) is 11.1. The van der Waals surface area contributed by atoms with E-state index in [0.29, 0.717) is 19.0 Å². The van der Waals surface area contributed by atoms with E-state index in [-0.39, 0.29) is 30.0 Å². The number of ether oxygens (including phenoxy) is 2. The van der Waals surface area contributed by atoms with Crippen molar-refractivity contribution < 1.29 is 9.47 Å². The lowest BCUT2D eigenvalue weighted by Gasteiger charge is -2.25. The number of rotatable bonds is 7. The molecular weight excluding hydrogens is 545 g/mol. The average Bonchev–Trinajstić information content (AvgIpc) is 3.21. The van der Waals surface area contributed by atoms with E-state index in [1.165, 1.54) is 11.1 Å². The van der Waals surface area contributed by atoms with Crippen molar-refractivity contribution in [1.29, 1.82) is 0 Å². The average molecular weight is 577 g/mol. The lowest BCUT2D eigenvalue weighted by atomic mass is 10.1. The number of aryl methyl sites for hydroxylation is 3. The second-order valence-electron chi connectivity index (χ2n) is 8.22. The number of aromatic nitrogens is 4. The Morgan fingerprint density at radius 3 is 2.82 bits per heavy atom. The van der Waals surface area contributed by atoms with Crippen molar-refractivity contribution in [3.05, 3.63) is 64.9 Å². The second-order valence-corrected chi connectivity index (χ2v) is 8.22. The molecule has 3 heterocycles. The number of halogens is 1. The third-order valence-corrected chi connectivity index (χ3v) is 5.70. The summed E-state index contributed by atoms with van der Waals surface area (Å²) in [7, 11) is 3.43. The maximum atomic E-state index is 5.95. The van der Waals surface area contributed by atoms with Gasteiger partial charge in [0.05, 0.1) is 6.54 Å². The third-order valence-electron chi connectivity index (χ3n) is 5.70. The molecule has 2 aromatic heterocycles. The van der Waals surface area contributed by atoms with Gasteiger partial charge in [-0.25, -0.2) is 14.6 Å². The number of methoxy groups -OCH3 is 1. The first-order valence-electron chi connectivity index (χ1n) is 11.1. The molecule has 1 aromatic carbocycles. The number of hydrogen-bond donors (Lipinski definition) is 2. The van der Waals surface area contributed by atoms with E-state index < -0.39 is 0 Å². The van der Waals surface area contributed by atoms with Gasteiger partial charge in [-0.1, -0.05) is 6.07 Å². The van der Waals surface area contributed by atoms with E-state index in [1.54, 1.807) is 20.4 Å². The van der Waals surface area contributed by atoms with Crippen LogP contribution in [-0.4, -0.2) is 45.9 Å². The highest BCUT2D eigenvalue weighted by molar-refractivity contribution is 14.0. The van der Waals surface area contributed by atoms with E-state index >= 15 is 0 Å². The molecule has 3 aromatic rings. The van der Waals surface area contributed by atoms with Crippen LogP contribution in [-0.2, 0) is 30.9 Å². The van der Waals surface area contributed by atoms with E-state index in [2.05, 4.69) is 50.6 Å². The summed E-state index contributed by atoms with van der Waals surface area (Å²) in [5, 5.41) is 11.4. The second kappa shape index (κ2) is 12.1. The molecule has 1 aliphatic heterocycles. The van der Waals surface area contributed by atoms with Gasteiger partial charge < -0.3 is 20.1 Å².